The molecule has 2 amide bonds. The third-order valence-electron chi connectivity index (χ3n) is 4.92. The van der Waals surface area contributed by atoms with Crippen LogP contribution in [-0.2, 0) is 9.59 Å². The maximum atomic E-state index is 13.2. The summed E-state index contributed by atoms with van der Waals surface area (Å²) in [5, 5.41) is 2.61. The van der Waals surface area contributed by atoms with Crippen LogP contribution in [0.4, 0.5) is 5.69 Å². The number of anilines is 1. The molecule has 0 aliphatic carbocycles. The van der Waals surface area contributed by atoms with Gasteiger partial charge in [-0.2, -0.15) is 0 Å². The van der Waals surface area contributed by atoms with Gasteiger partial charge in [-0.3, -0.25) is 19.8 Å². The van der Waals surface area contributed by atoms with Crippen LogP contribution in [0, 0.1) is 6.92 Å². The number of benzene rings is 3. The van der Waals surface area contributed by atoms with Crippen LogP contribution < -0.4 is 19.7 Å². The minimum Gasteiger partial charge on any atom is -0.496 e. The minimum absolute atomic E-state index is 0.0193. The smallest absolute Gasteiger partial charge is 0.270 e. The highest BCUT2D eigenvalue weighted by molar-refractivity contribution is 7.80. The van der Waals surface area contributed by atoms with Crippen LogP contribution in [0.5, 0.6) is 17.2 Å². The fourth-order valence-corrected chi connectivity index (χ4v) is 3.55. The average molecular weight is 445 g/mol. The summed E-state index contributed by atoms with van der Waals surface area (Å²) in [5.74, 6) is 0.942. The van der Waals surface area contributed by atoms with Crippen molar-refractivity contribution in [2.75, 3.05) is 12.0 Å². The van der Waals surface area contributed by atoms with E-state index in [-0.39, 0.29) is 10.7 Å². The van der Waals surface area contributed by atoms with E-state index in [1.165, 1.54) is 11.0 Å². The van der Waals surface area contributed by atoms with Gasteiger partial charge in [-0.15, -0.1) is 0 Å². The fourth-order valence-electron chi connectivity index (χ4n) is 3.27. The summed E-state index contributed by atoms with van der Waals surface area (Å²) < 4.78 is 11.1. The number of nitrogens with zero attached hydrogens (tertiary/aromatic N) is 1. The third kappa shape index (κ3) is 4.38. The Kier molecular flexibility index (Phi) is 6.00. The number of carbonyl (C=O) groups is 2. The molecule has 160 valence electrons. The molecule has 6 nitrogen and oxygen atoms in total. The Morgan fingerprint density at radius 2 is 1.62 bits per heavy atom. The zero-order valence-electron chi connectivity index (χ0n) is 17.5. The van der Waals surface area contributed by atoms with Crippen LogP contribution in [0.15, 0.2) is 78.4 Å². The number of aryl methyl sites for hydroxylation is 1. The SMILES string of the molecule is COc1cc(/C=C2\C(=O)NC(=S)N(c3ccc(Oc4ccccc4)cc3)C2=O)ccc1C. The number of hydrogen-bond donors (Lipinski definition) is 1. The molecule has 0 radical (unpaired) electrons. The number of ether oxygens (including phenoxy) is 2. The van der Waals surface area contributed by atoms with Crippen molar-refractivity contribution < 1.29 is 19.1 Å². The highest BCUT2D eigenvalue weighted by Crippen LogP contribution is 2.27. The van der Waals surface area contributed by atoms with E-state index in [4.69, 9.17) is 21.7 Å². The van der Waals surface area contributed by atoms with Crippen LogP contribution >= 0.6 is 12.2 Å². The lowest BCUT2D eigenvalue weighted by Crippen LogP contribution is -2.54. The van der Waals surface area contributed by atoms with Crippen molar-refractivity contribution in [3.8, 4) is 17.2 Å². The summed E-state index contributed by atoms with van der Waals surface area (Å²) in [5.41, 5.74) is 2.13. The Morgan fingerprint density at radius 3 is 2.31 bits per heavy atom. The molecule has 1 aliphatic rings. The third-order valence-corrected chi connectivity index (χ3v) is 5.20. The predicted octanol–water partition coefficient (Wildman–Crippen LogP) is 4.63. The van der Waals surface area contributed by atoms with E-state index in [0.29, 0.717) is 28.5 Å². The first-order valence-corrected chi connectivity index (χ1v) is 10.3. The monoisotopic (exact) mass is 444 g/mol. The normalized spacial score (nSPS) is 15.0. The summed E-state index contributed by atoms with van der Waals surface area (Å²) in [7, 11) is 1.57. The molecule has 3 aromatic rings. The molecule has 1 aliphatic heterocycles. The second-order valence-electron chi connectivity index (χ2n) is 7.10. The van der Waals surface area contributed by atoms with E-state index in [2.05, 4.69) is 5.32 Å². The molecule has 0 atom stereocenters. The maximum Gasteiger partial charge on any atom is 0.270 e. The Bertz CT molecular complexity index is 1220. The van der Waals surface area contributed by atoms with Crippen LogP contribution in [0.2, 0.25) is 0 Å². The molecule has 4 rings (SSSR count). The van der Waals surface area contributed by atoms with Crippen molar-refractivity contribution in [2.24, 2.45) is 0 Å². The molecule has 7 heteroatoms. The number of hydrogen-bond acceptors (Lipinski definition) is 5. The van der Waals surface area contributed by atoms with Crippen molar-refractivity contribution in [3.05, 3.63) is 89.5 Å². The van der Waals surface area contributed by atoms with Gasteiger partial charge in [0.05, 0.1) is 12.8 Å². The van der Waals surface area contributed by atoms with Gasteiger partial charge in [0.25, 0.3) is 11.8 Å². The molecule has 0 saturated carbocycles. The highest BCUT2D eigenvalue weighted by atomic mass is 32.1. The van der Waals surface area contributed by atoms with Crippen molar-refractivity contribution in [2.45, 2.75) is 6.92 Å². The van der Waals surface area contributed by atoms with E-state index >= 15 is 0 Å². The van der Waals surface area contributed by atoms with Crippen molar-refractivity contribution in [3.63, 3.8) is 0 Å². The summed E-state index contributed by atoms with van der Waals surface area (Å²) in [6, 6.07) is 21.7. The quantitative estimate of drug-likeness (QED) is 0.353. The number of carbonyl (C=O) groups excluding carboxylic acids is 2. The number of rotatable bonds is 5. The van der Waals surface area contributed by atoms with E-state index in [9.17, 15) is 9.59 Å². The number of para-hydroxylation sites is 1. The summed E-state index contributed by atoms with van der Waals surface area (Å²) in [6.07, 6.45) is 1.53. The molecule has 1 fully saturated rings. The largest absolute Gasteiger partial charge is 0.496 e. The highest BCUT2D eigenvalue weighted by Gasteiger charge is 2.34. The molecule has 0 unspecified atom stereocenters. The number of amides is 2. The molecule has 0 spiro atoms. The predicted molar refractivity (Wildman–Crippen MR) is 127 cm³/mol. The van der Waals surface area contributed by atoms with Gasteiger partial charge in [-0.05, 0) is 78.8 Å². The second-order valence-corrected chi connectivity index (χ2v) is 7.48. The van der Waals surface area contributed by atoms with Crippen LogP contribution in [0.25, 0.3) is 6.08 Å². The molecule has 1 N–H and O–H groups in total. The summed E-state index contributed by atoms with van der Waals surface area (Å²) in [6.45, 7) is 1.92. The standard InChI is InChI=1S/C25H20N2O4S/c1-16-8-9-17(15-22(16)30-2)14-21-23(28)26-25(32)27(24(21)29)18-10-12-20(13-11-18)31-19-6-4-3-5-7-19/h3-15H,1-2H3,(H,26,28,32)/b21-14+. The Morgan fingerprint density at radius 1 is 0.938 bits per heavy atom. The average Bonchev–Trinajstić information content (AvgIpc) is 2.79. The van der Waals surface area contributed by atoms with Gasteiger partial charge in [0.15, 0.2) is 5.11 Å². The van der Waals surface area contributed by atoms with Gasteiger partial charge < -0.3 is 9.47 Å². The lowest BCUT2D eigenvalue weighted by molar-refractivity contribution is -0.122. The van der Waals surface area contributed by atoms with Crippen LogP contribution in [-0.4, -0.2) is 24.0 Å². The number of methoxy groups -OCH3 is 1. The molecule has 0 bridgehead atoms. The first-order valence-electron chi connectivity index (χ1n) is 9.85. The summed E-state index contributed by atoms with van der Waals surface area (Å²) in [4.78, 5) is 27.0. The molecule has 1 heterocycles. The Balaban J connectivity index is 1.61. The number of nitrogens with one attached hydrogen (secondary N) is 1. The zero-order valence-corrected chi connectivity index (χ0v) is 18.3. The van der Waals surface area contributed by atoms with Crippen LogP contribution in [0.1, 0.15) is 11.1 Å². The van der Waals surface area contributed by atoms with Gasteiger partial charge in [0, 0.05) is 0 Å². The van der Waals surface area contributed by atoms with Gasteiger partial charge in [0.1, 0.15) is 22.8 Å². The van der Waals surface area contributed by atoms with Crippen molar-refractivity contribution in [1.29, 1.82) is 0 Å². The van der Waals surface area contributed by atoms with E-state index in [1.807, 2.05) is 49.4 Å². The van der Waals surface area contributed by atoms with E-state index in [1.54, 1.807) is 37.4 Å². The lowest BCUT2D eigenvalue weighted by atomic mass is 10.1. The molecule has 32 heavy (non-hydrogen) atoms. The van der Waals surface area contributed by atoms with Gasteiger partial charge >= 0.3 is 0 Å². The molecule has 0 aromatic heterocycles. The Hall–Kier alpha value is -3.97. The summed E-state index contributed by atoms with van der Waals surface area (Å²) >= 11 is 5.27. The molecular formula is C25H20N2O4S. The molecule has 3 aromatic carbocycles. The second kappa shape index (κ2) is 9.03. The zero-order chi connectivity index (χ0) is 22.7. The Labute approximate surface area is 191 Å². The molecular weight excluding hydrogens is 424 g/mol. The van der Waals surface area contributed by atoms with Gasteiger partial charge in [-0.25, -0.2) is 0 Å². The topological polar surface area (TPSA) is 67.9 Å². The van der Waals surface area contributed by atoms with E-state index < -0.39 is 11.8 Å². The number of thiocarbonyl (C=S) groups is 1. The van der Waals surface area contributed by atoms with Gasteiger partial charge in [0.2, 0.25) is 0 Å². The lowest BCUT2D eigenvalue weighted by Gasteiger charge is -2.29. The van der Waals surface area contributed by atoms with Crippen molar-refractivity contribution >= 4 is 40.9 Å². The minimum atomic E-state index is -0.542. The van der Waals surface area contributed by atoms with Gasteiger partial charge in [-0.1, -0.05) is 30.3 Å². The van der Waals surface area contributed by atoms with Crippen molar-refractivity contribution in [1.82, 2.24) is 5.32 Å². The first-order chi connectivity index (χ1) is 15.5. The first kappa shape index (κ1) is 21.3. The fraction of sp³-hybridized carbons (Fsp3) is 0.0800. The van der Waals surface area contributed by atoms with E-state index in [0.717, 1.165) is 5.56 Å². The maximum absolute atomic E-state index is 13.2. The molecule has 1 saturated heterocycles. The van der Waals surface area contributed by atoms with Crippen LogP contribution in [0.3, 0.4) is 0 Å².